The maximum absolute atomic E-state index is 11.8. The molecule has 0 saturated carbocycles. The molecule has 0 spiro atoms. The Morgan fingerprint density at radius 2 is 2.05 bits per heavy atom. The molecule has 0 unspecified atom stereocenters. The van der Waals surface area contributed by atoms with Crippen molar-refractivity contribution in [1.29, 1.82) is 0 Å². The van der Waals surface area contributed by atoms with Gasteiger partial charge in [0, 0.05) is 17.8 Å². The molecule has 2 rings (SSSR count). The highest BCUT2D eigenvalue weighted by Crippen LogP contribution is 2.25. The van der Waals surface area contributed by atoms with Crippen LogP contribution in [0, 0.1) is 10.1 Å². The fraction of sp³-hybridized carbons (Fsp3) is 0. The molecule has 2 N–H and O–H groups in total. The van der Waals surface area contributed by atoms with Gasteiger partial charge in [0.05, 0.1) is 4.92 Å². The van der Waals surface area contributed by atoms with Crippen LogP contribution in [0.1, 0.15) is 10.6 Å². The first kappa shape index (κ1) is 15.9. The number of carbonyl (C=O) groups is 1. The van der Waals surface area contributed by atoms with Gasteiger partial charge in [-0.25, -0.2) is 0 Å². The summed E-state index contributed by atoms with van der Waals surface area (Å²) in [7, 11) is 0. The number of thiocarbonyl (C=S) groups is 1. The molecular weight excluding hydrogens is 378 g/mol. The SMILES string of the molecule is O=C(NC(=S)Nc1cc([N+](=O)[O-])ccc1[O-])c1ccc(Br)o1. The first-order chi connectivity index (χ1) is 10.4. The third kappa shape index (κ3) is 3.80. The lowest BCUT2D eigenvalue weighted by Gasteiger charge is -2.15. The molecule has 1 aromatic carbocycles. The summed E-state index contributed by atoms with van der Waals surface area (Å²) in [5.74, 6) is -1.11. The maximum Gasteiger partial charge on any atom is 0.293 e. The fourth-order valence-electron chi connectivity index (χ4n) is 1.48. The zero-order valence-corrected chi connectivity index (χ0v) is 13.1. The molecule has 0 fully saturated rings. The van der Waals surface area contributed by atoms with E-state index in [2.05, 4.69) is 26.6 Å². The van der Waals surface area contributed by atoms with Gasteiger partial charge < -0.3 is 14.8 Å². The van der Waals surface area contributed by atoms with Crippen molar-refractivity contribution in [3.8, 4) is 5.75 Å². The molecule has 0 bridgehead atoms. The Hall–Kier alpha value is -2.46. The fourth-order valence-corrected chi connectivity index (χ4v) is 1.99. The summed E-state index contributed by atoms with van der Waals surface area (Å²) in [5, 5.41) is 26.8. The first-order valence-corrected chi connectivity index (χ1v) is 6.90. The van der Waals surface area contributed by atoms with Crippen LogP contribution in [0.3, 0.4) is 0 Å². The highest BCUT2D eigenvalue weighted by atomic mass is 79.9. The van der Waals surface area contributed by atoms with E-state index >= 15 is 0 Å². The number of non-ortho nitro benzene ring substituents is 1. The van der Waals surface area contributed by atoms with Gasteiger partial charge in [0.25, 0.3) is 11.6 Å². The molecule has 1 aromatic heterocycles. The summed E-state index contributed by atoms with van der Waals surface area (Å²) >= 11 is 7.93. The summed E-state index contributed by atoms with van der Waals surface area (Å²) in [6.45, 7) is 0. The van der Waals surface area contributed by atoms with E-state index in [1.807, 2.05) is 0 Å². The van der Waals surface area contributed by atoms with E-state index in [-0.39, 0.29) is 22.2 Å². The maximum atomic E-state index is 11.8. The number of benzene rings is 1. The summed E-state index contributed by atoms with van der Waals surface area (Å²) in [6.07, 6.45) is 0. The van der Waals surface area contributed by atoms with E-state index in [9.17, 15) is 20.0 Å². The average Bonchev–Trinajstić information content (AvgIpc) is 2.87. The van der Waals surface area contributed by atoms with Gasteiger partial charge in [-0.2, -0.15) is 0 Å². The molecule has 2 aromatic rings. The van der Waals surface area contributed by atoms with Crippen molar-refractivity contribution in [3.05, 3.63) is 50.9 Å². The Morgan fingerprint density at radius 1 is 1.32 bits per heavy atom. The van der Waals surface area contributed by atoms with Crippen LogP contribution in [-0.2, 0) is 0 Å². The second-order valence-corrected chi connectivity index (χ2v) is 5.14. The number of furan rings is 1. The number of hydrogen-bond acceptors (Lipinski definition) is 6. The number of nitro groups is 1. The second kappa shape index (κ2) is 6.54. The Labute approximate surface area is 137 Å². The molecule has 0 aliphatic carbocycles. The Bertz CT molecular complexity index is 761. The molecule has 0 saturated heterocycles. The quantitative estimate of drug-likeness (QED) is 0.472. The number of carbonyl (C=O) groups excluding carboxylic acids is 1. The molecular formula is C12H7BrN3O5S-. The molecule has 10 heteroatoms. The van der Waals surface area contributed by atoms with Gasteiger partial charge in [-0.15, -0.1) is 0 Å². The third-order valence-corrected chi connectivity index (χ3v) is 3.08. The number of nitrogens with one attached hydrogen (secondary N) is 2. The predicted octanol–water partition coefficient (Wildman–Crippen LogP) is 2.15. The molecule has 114 valence electrons. The van der Waals surface area contributed by atoms with Gasteiger partial charge in [0.1, 0.15) is 0 Å². The van der Waals surface area contributed by atoms with E-state index in [4.69, 9.17) is 16.6 Å². The van der Waals surface area contributed by atoms with Gasteiger partial charge in [-0.1, -0.05) is 11.8 Å². The van der Waals surface area contributed by atoms with Crippen LogP contribution in [-0.4, -0.2) is 15.9 Å². The number of anilines is 1. The van der Waals surface area contributed by atoms with Crippen molar-refractivity contribution < 1.29 is 19.2 Å². The average molecular weight is 385 g/mol. The van der Waals surface area contributed by atoms with E-state index in [1.54, 1.807) is 0 Å². The number of hydrogen-bond donors (Lipinski definition) is 2. The molecule has 0 aliphatic rings. The number of nitrogens with zero attached hydrogens (tertiary/aromatic N) is 1. The van der Waals surface area contributed by atoms with Crippen molar-refractivity contribution >= 4 is 50.5 Å². The Kier molecular flexibility index (Phi) is 4.73. The van der Waals surface area contributed by atoms with Crippen LogP contribution >= 0.6 is 28.1 Å². The lowest BCUT2D eigenvalue weighted by molar-refractivity contribution is -0.385. The summed E-state index contributed by atoms with van der Waals surface area (Å²) in [6, 6.07) is 6.10. The van der Waals surface area contributed by atoms with Crippen LogP contribution in [0.15, 0.2) is 39.4 Å². The Morgan fingerprint density at radius 3 is 2.64 bits per heavy atom. The van der Waals surface area contributed by atoms with Crippen molar-refractivity contribution in [3.63, 3.8) is 0 Å². The van der Waals surface area contributed by atoms with Crippen LogP contribution in [0.5, 0.6) is 5.75 Å². The molecule has 1 heterocycles. The number of rotatable bonds is 3. The monoisotopic (exact) mass is 384 g/mol. The molecule has 8 nitrogen and oxygen atoms in total. The van der Waals surface area contributed by atoms with E-state index < -0.39 is 16.6 Å². The van der Waals surface area contributed by atoms with Gasteiger partial charge in [-0.05, 0) is 40.3 Å². The van der Waals surface area contributed by atoms with Crippen LogP contribution in [0.2, 0.25) is 0 Å². The van der Waals surface area contributed by atoms with Crippen molar-refractivity contribution in [2.45, 2.75) is 0 Å². The number of amides is 1. The first-order valence-electron chi connectivity index (χ1n) is 5.70. The Balaban J connectivity index is 2.07. The van der Waals surface area contributed by atoms with Crippen LogP contribution in [0.4, 0.5) is 11.4 Å². The zero-order chi connectivity index (χ0) is 16.3. The van der Waals surface area contributed by atoms with E-state index in [1.165, 1.54) is 12.1 Å². The van der Waals surface area contributed by atoms with E-state index in [0.29, 0.717) is 4.67 Å². The molecule has 0 aliphatic heterocycles. The lowest BCUT2D eigenvalue weighted by Crippen LogP contribution is -2.34. The molecule has 0 atom stereocenters. The summed E-state index contributed by atoms with van der Waals surface area (Å²) < 4.78 is 5.41. The van der Waals surface area contributed by atoms with E-state index in [0.717, 1.165) is 18.2 Å². The zero-order valence-electron chi connectivity index (χ0n) is 10.7. The van der Waals surface area contributed by atoms with Gasteiger partial charge in [-0.3, -0.25) is 20.2 Å². The normalized spacial score (nSPS) is 10.0. The van der Waals surface area contributed by atoms with Crippen LogP contribution in [0.25, 0.3) is 0 Å². The van der Waals surface area contributed by atoms with Gasteiger partial charge in [0.15, 0.2) is 15.5 Å². The minimum atomic E-state index is -0.646. The number of nitro benzene ring substituents is 1. The van der Waals surface area contributed by atoms with Crippen molar-refractivity contribution in [2.24, 2.45) is 0 Å². The molecule has 22 heavy (non-hydrogen) atoms. The van der Waals surface area contributed by atoms with Gasteiger partial charge >= 0.3 is 0 Å². The molecule has 0 radical (unpaired) electrons. The van der Waals surface area contributed by atoms with Gasteiger partial charge in [0.2, 0.25) is 0 Å². The minimum Gasteiger partial charge on any atom is -0.871 e. The largest absolute Gasteiger partial charge is 0.871 e. The van der Waals surface area contributed by atoms with Crippen LogP contribution < -0.4 is 15.7 Å². The minimum absolute atomic E-state index is 0.0115. The molecule has 1 amide bonds. The van der Waals surface area contributed by atoms with Crippen molar-refractivity contribution in [2.75, 3.05) is 5.32 Å². The highest BCUT2D eigenvalue weighted by molar-refractivity contribution is 9.10. The lowest BCUT2D eigenvalue weighted by atomic mass is 10.2. The highest BCUT2D eigenvalue weighted by Gasteiger charge is 2.13. The standard InChI is InChI=1S/C12H8BrN3O5S/c13-10-4-3-9(21-10)11(18)15-12(22)14-7-5-6(16(19)20)1-2-8(7)17/h1-5,17H,(H2,14,15,18,22)/p-1. The summed E-state index contributed by atoms with van der Waals surface area (Å²) in [4.78, 5) is 21.8. The smallest absolute Gasteiger partial charge is 0.293 e. The van der Waals surface area contributed by atoms with Crippen molar-refractivity contribution in [1.82, 2.24) is 5.32 Å². The topological polar surface area (TPSA) is 120 Å². The predicted molar refractivity (Wildman–Crippen MR) is 82.6 cm³/mol. The second-order valence-electron chi connectivity index (χ2n) is 3.95. The number of halogens is 1. The summed E-state index contributed by atoms with van der Waals surface area (Å²) in [5.41, 5.74) is -0.383. The third-order valence-electron chi connectivity index (χ3n) is 2.45.